The van der Waals surface area contributed by atoms with Crippen LogP contribution in [-0.2, 0) is 0 Å². The fourth-order valence-corrected chi connectivity index (χ4v) is 4.02. The number of benzene rings is 1. The SMILES string of the molecule is Cc1ccn2cc(C(=O)Nc3cccc(N4CCN(CC5CC5)CC4)c3)nc2c1. The van der Waals surface area contributed by atoms with Gasteiger partial charge in [-0.05, 0) is 61.6 Å². The second-order valence-corrected chi connectivity index (χ2v) is 8.33. The molecule has 2 aromatic heterocycles. The van der Waals surface area contributed by atoms with Gasteiger partial charge in [-0.15, -0.1) is 0 Å². The van der Waals surface area contributed by atoms with Crippen molar-refractivity contribution in [3.05, 3.63) is 60.0 Å². The lowest BCUT2D eigenvalue weighted by Gasteiger charge is -2.36. The van der Waals surface area contributed by atoms with Crippen LogP contribution in [0, 0.1) is 12.8 Å². The molecule has 0 unspecified atom stereocenters. The number of anilines is 2. The number of imidazole rings is 1. The molecular formula is C23H27N5O. The van der Waals surface area contributed by atoms with Gasteiger partial charge in [-0.3, -0.25) is 9.69 Å². The Morgan fingerprint density at radius 3 is 2.76 bits per heavy atom. The summed E-state index contributed by atoms with van der Waals surface area (Å²) < 4.78 is 1.87. The van der Waals surface area contributed by atoms with Gasteiger partial charge in [0.2, 0.25) is 0 Å². The number of aromatic nitrogens is 2. The summed E-state index contributed by atoms with van der Waals surface area (Å²) in [6, 6.07) is 12.1. The number of pyridine rings is 1. The average molecular weight is 390 g/mol. The fourth-order valence-electron chi connectivity index (χ4n) is 4.02. The first-order chi connectivity index (χ1) is 14.1. The molecule has 1 amide bonds. The number of carbonyl (C=O) groups is 1. The highest BCUT2D eigenvalue weighted by Crippen LogP contribution is 2.30. The van der Waals surface area contributed by atoms with Gasteiger partial charge in [-0.25, -0.2) is 4.98 Å². The van der Waals surface area contributed by atoms with Gasteiger partial charge < -0.3 is 14.6 Å². The third kappa shape index (κ3) is 4.12. The summed E-state index contributed by atoms with van der Waals surface area (Å²) in [4.78, 5) is 22.2. The summed E-state index contributed by atoms with van der Waals surface area (Å²) >= 11 is 0. The van der Waals surface area contributed by atoms with E-state index in [4.69, 9.17) is 0 Å². The van der Waals surface area contributed by atoms with Crippen LogP contribution in [0.3, 0.4) is 0 Å². The van der Waals surface area contributed by atoms with E-state index in [0.29, 0.717) is 5.69 Å². The molecule has 6 heteroatoms. The maximum atomic E-state index is 12.7. The lowest BCUT2D eigenvalue weighted by Crippen LogP contribution is -2.47. The molecule has 6 nitrogen and oxygen atoms in total. The van der Waals surface area contributed by atoms with Gasteiger partial charge in [0.1, 0.15) is 11.3 Å². The standard InChI is InChI=1S/C23H27N5O/c1-17-7-8-28-16-21(25-22(28)13-17)23(29)24-19-3-2-4-20(14-19)27-11-9-26(10-12-27)15-18-5-6-18/h2-4,7-8,13-14,16,18H,5-6,9-12,15H2,1H3,(H,24,29). The number of amides is 1. The Hall–Kier alpha value is -2.86. The number of fused-ring (bicyclic) bond motifs is 1. The third-order valence-corrected chi connectivity index (χ3v) is 5.90. The zero-order chi connectivity index (χ0) is 19.8. The van der Waals surface area contributed by atoms with E-state index in [9.17, 15) is 4.79 Å². The van der Waals surface area contributed by atoms with Gasteiger partial charge >= 0.3 is 0 Å². The monoisotopic (exact) mass is 389 g/mol. The lowest BCUT2D eigenvalue weighted by molar-refractivity contribution is 0.102. The number of rotatable bonds is 5. The second-order valence-electron chi connectivity index (χ2n) is 8.33. The van der Waals surface area contributed by atoms with Crippen LogP contribution in [0.15, 0.2) is 48.8 Å². The van der Waals surface area contributed by atoms with Crippen LogP contribution in [0.1, 0.15) is 28.9 Å². The Morgan fingerprint density at radius 1 is 1.14 bits per heavy atom. The molecule has 1 N–H and O–H groups in total. The molecule has 2 fully saturated rings. The minimum Gasteiger partial charge on any atom is -0.369 e. The van der Waals surface area contributed by atoms with E-state index in [2.05, 4.69) is 32.2 Å². The van der Waals surface area contributed by atoms with Crippen molar-refractivity contribution in [2.24, 2.45) is 5.92 Å². The quantitative estimate of drug-likeness (QED) is 0.726. The highest BCUT2D eigenvalue weighted by atomic mass is 16.1. The van der Waals surface area contributed by atoms with Gasteiger partial charge in [0, 0.05) is 56.5 Å². The summed E-state index contributed by atoms with van der Waals surface area (Å²) in [5, 5.41) is 3.00. The van der Waals surface area contributed by atoms with Crippen LogP contribution >= 0.6 is 0 Å². The van der Waals surface area contributed by atoms with Crippen LogP contribution in [0.4, 0.5) is 11.4 Å². The van der Waals surface area contributed by atoms with Crippen molar-refractivity contribution in [1.82, 2.24) is 14.3 Å². The van der Waals surface area contributed by atoms with Crippen molar-refractivity contribution in [3.63, 3.8) is 0 Å². The molecule has 3 aromatic rings. The van der Waals surface area contributed by atoms with E-state index in [0.717, 1.165) is 49.0 Å². The minimum absolute atomic E-state index is 0.183. The van der Waals surface area contributed by atoms with E-state index in [1.165, 1.54) is 25.1 Å². The van der Waals surface area contributed by atoms with Crippen molar-refractivity contribution in [2.45, 2.75) is 19.8 Å². The molecule has 1 aliphatic carbocycles. The molecule has 1 aromatic carbocycles. The smallest absolute Gasteiger partial charge is 0.275 e. The fraction of sp³-hybridized carbons (Fsp3) is 0.391. The molecule has 1 aliphatic heterocycles. The normalized spacial score (nSPS) is 17.6. The van der Waals surface area contributed by atoms with Crippen molar-refractivity contribution in [3.8, 4) is 0 Å². The Bertz CT molecular complexity index is 1030. The number of hydrogen-bond donors (Lipinski definition) is 1. The van der Waals surface area contributed by atoms with Gasteiger partial charge in [0.05, 0.1) is 0 Å². The van der Waals surface area contributed by atoms with Crippen molar-refractivity contribution < 1.29 is 4.79 Å². The summed E-state index contributed by atoms with van der Waals surface area (Å²) in [7, 11) is 0. The van der Waals surface area contributed by atoms with E-state index in [1.54, 1.807) is 6.20 Å². The Kier molecular flexibility index (Phi) is 4.72. The van der Waals surface area contributed by atoms with Crippen LogP contribution < -0.4 is 10.2 Å². The largest absolute Gasteiger partial charge is 0.369 e. The number of carbonyl (C=O) groups excluding carboxylic acids is 1. The maximum absolute atomic E-state index is 12.7. The lowest BCUT2D eigenvalue weighted by atomic mass is 10.2. The molecule has 3 heterocycles. The van der Waals surface area contributed by atoms with Crippen molar-refractivity contribution in [1.29, 1.82) is 0 Å². The first-order valence-electron chi connectivity index (χ1n) is 10.5. The van der Waals surface area contributed by atoms with E-state index in [-0.39, 0.29) is 5.91 Å². The molecule has 0 bridgehead atoms. The molecule has 1 saturated heterocycles. The molecule has 29 heavy (non-hydrogen) atoms. The number of hydrogen-bond acceptors (Lipinski definition) is 4. The summed E-state index contributed by atoms with van der Waals surface area (Å²) in [5.41, 5.74) is 4.31. The highest BCUT2D eigenvalue weighted by Gasteiger charge is 2.26. The predicted molar refractivity (Wildman–Crippen MR) is 116 cm³/mol. The predicted octanol–water partition coefficient (Wildman–Crippen LogP) is 3.43. The summed E-state index contributed by atoms with van der Waals surface area (Å²) in [6.07, 6.45) is 6.52. The van der Waals surface area contributed by atoms with Crippen LogP contribution in [0.25, 0.3) is 5.65 Å². The first kappa shape index (κ1) is 18.2. The van der Waals surface area contributed by atoms with Gasteiger partial charge in [-0.1, -0.05) is 6.07 Å². The average Bonchev–Trinajstić information content (AvgIpc) is 3.44. The van der Waals surface area contributed by atoms with Crippen LogP contribution in [-0.4, -0.2) is 52.9 Å². The van der Waals surface area contributed by atoms with Gasteiger partial charge in [0.15, 0.2) is 0 Å². The molecule has 1 saturated carbocycles. The van der Waals surface area contributed by atoms with E-state index >= 15 is 0 Å². The van der Waals surface area contributed by atoms with Crippen LogP contribution in [0.5, 0.6) is 0 Å². The minimum atomic E-state index is -0.183. The molecule has 150 valence electrons. The van der Waals surface area contributed by atoms with Crippen molar-refractivity contribution >= 4 is 22.9 Å². The first-order valence-corrected chi connectivity index (χ1v) is 10.5. The molecule has 2 aliphatic rings. The van der Waals surface area contributed by atoms with Crippen LogP contribution in [0.2, 0.25) is 0 Å². The van der Waals surface area contributed by atoms with E-state index < -0.39 is 0 Å². The topological polar surface area (TPSA) is 52.9 Å². The number of piperazine rings is 1. The highest BCUT2D eigenvalue weighted by molar-refractivity contribution is 6.03. The zero-order valence-corrected chi connectivity index (χ0v) is 16.8. The number of nitrogens with zero attached hydrogens (tertiary/aromatic N) is 4. The Labute approximate surface area is 171 Å². The molecule has 0 radical (unpaired) electrons. The maximum Gasteiger partial charge on any atom is 0.275 e. The second kappa shape index (κ2) is 7.52. The molecular weight excluding hydrogens is 362 g/mol. The zero-order valence-electron chi connectivity index (χ0n) is 16.8. The summed E-state index contributed by atoms with van der Waals surface area (Å²) in [6.45, 7) is 7.60. The number of aryl methyl sites for hydroxylation is 1. The molecule has 0 atom stereocenters. The van der Waals surface area contributed by atoms with E-state index in [1.807, 2.05) is 41.8 Å². The number of nitrogens with one attached hydrogen (secondary N) is 1. The third-order valence-electron chi connectivity index (χ3n) is 5.90. The van der Waals surface area contributed by atoms with Gasteiger partial charge in [-0.2, -0.15) is 0 Å². The Morgan fingerprint density at radius 2 is 1.97 bits per heavy atom. The molecule has 0 spiro atoms. The summed E-state index contributed by atoms with van der Waals surface area (Å²) in [5.74, 6) is 0.765. The van der Waals surface area contributed by atoms with Crippen molar-refractivity contribution in [2.75, 3.05) is 42.9 Å². The molecule has 5 rings (SSSR count). The van der Waals surface area contributed by atoms with Gasteiger partial charge in [0.25, 0.3) is 5.91 Å². The Balaban J connectivity index is 1.25.